The minimum Gasteiger partial charge on any atom is -0.262 e. The molecule has 0 atom stereocenters. The molecule has 0 radical (unpaired) electrons. The van der Waals surface area contributed by atoms with E-state index in [0.717, 1.165) is 15.9 Å². The molecule has 0 unspecified atom stereocenters. The SMILES string of the molecule is Cc1ccc(F)cc1S(=O)(=O)N(Cc1ccccc1)c1ccc(F)cc1. The van der Waals surface area contributed by atoms with Crippen LogP contribution in [-0.2, 0) is 16.6 Å². The van der Waals surface area contributed by atoms with Gasteiger partial charge in [0.25, 0.3) is 10.0 Å². The van der Waals surface area contributed by atoms with E-state index in [1.54, 1.807) is 31.2 Å². The average Bonchev–Trinajstić information content (AvgIpc) is 2.63. The summed E-state index contributed by atoms with van der Waals surface area (Å²) in [5, 5.41) is 0. The number of benzene rings is 3. The van der Waals surface area contributed by atoms with Crippen LogP contribution >= 0.6 is 0 Å². The molecule has 0 fully saturated rings. The second-order valence-electron chi connectivity index (χ2n) is 5.88. The van der Waals surface area contributed by atoms with E-state index in [1.165, 1.54) is 36.4 Å². The average molecular weight is 373 g/mol. The van der Waals surface area contributed by atoms with Crippen LogP contribution in [0.2, 0.25) is 0 Å². The Morgan fingerprint density at radius 3 is 2.12 bits per heavy atom. The first-order valence-electron chi connectivity index (χ1n) is 7.96. The molecule has 0 saturated carbocycles. The fourth-order valence-electron chi connectivity index (χ4n) is 2.64. The van der Waals surface area contributed by atoms with Crippen molar-refractivity contribution in [2.75, 3.05) is 4.31 Å². The number of hydrogen-bond acceptors (Lipinski definition) is 2. The third-order valence-corrected chi connectivity index (χ3v) is 5.92. The van der Waals surface area contributed by atoms with E-state index in [4.69, 9.17) is 0 Å². The van der Waals surface area contributed by atoms with Gasteiger partial charge in [0.15, 0.2) is 0 Å². The molecule has 0 amide bonds. The zero-order chi connectivity index (χ0) is 18.7. The molecule has 0 aliphatic carbocycles. The molecule has 3 rings (SSSR count). The molecule has 0 aliphatic rings. The largest absolute Gasteiger partial charge is 0.264 e. The van der Waals surface area contributed by atoms with Gasteiger partial charge in [-0.15, -0.1) is 0 Å². The Kier molecular flexibility index (Phi) is 5.04. The van der Waals surface area contributed by atoms with Crippen molar-refractivity contribution in [3.05, 3.63) is 95.6 Å². The Morgan fingerprint density at radius 2 is 1.46 bits per heavy atom. The highest BCUT2D eigenvalue weighted by Crippen LogP contribution is 2.28. The summed E-state index contributed by atoms with van der Waals surface area (Å²) in [6.07, 6.45) is 0. The maximum absolute atomic E-state index is 13.7. The highest BCUT2D eigenvalue weighted by Gasteiger charge is 2.27. The summed E-state index contributed by atoms with van der Waals surface area (Å²) in [6.45, 7) is 1.66. The first-order valence-corrected chi connectivity index (χ1v) is 9.40. The third kappa shape index (κ3) is 3.75. The topological polar surface area (TPSA) is 37.4 Å². The summed E-state index contributed by atoms with van der Waals surface area (Å²) in [6, 6.07) is 17.9. The van der Waals surface area contributed by atoms with Crippen LogP contribution in [0.25, 0.3) is 0 Å². The molecule has 0 saturated heterocycles. The summed E-state index contributed by atoms with van der Waals surface area (Å²) in [7, 11) is -4.05. The number of aryl methyl sites for hydroxylation is 1. The van der Waals surface area contributed by atoms with Gasteiger partial charge in [0.2, 0.25) is 0 Å². The molecule has 0 spiro atoms. The molecule has 0 aliphatic heterocycles. The van der Waals surface area contributed by atoms with E-state index in [2.05, 4.69) is 0 Å². The molecular weight excluding hydrogens is 356 g/mol. The lowest BCUT2D eigenvalue weighted by molar-refractivity contribution is 0.584. The third-order valence-electron chi connectivity index (χ3n) is 4.00. The summed E-state index contributed by atoms with van der Waals surface area (Å²) < 4.78 is 54.7. The number of anilines is 1. The summed E-state index contributed by atoms with van der Waals surface area (Å²) in [5.41, 5.74) is 1.50. The Morgan fingerprint density at radius 1 is 0.846 bits per heavy atom. The van der Waals surface area contributed by atoms with Crippen LogP contribution in [0.5, 0.6) is 0 Å². The number of nitrogens with zero attached hydrogens (tertiary/aromatic N) is 1. The molecule has 3 nitrogen and oxygen atoms in total. The van der Waals surface area contributed by atoms with E-state index in [9.17, 15) is 17.2 Å². The molecule has 26 heavy (non-hydrogen) atoms. The summed E-state index contributed by atoms with van der Waals surface area (Å²) >= 11 is 0. The van der Waals surface area contributed by atoms with Crippen molar-refractivity contribution in [3.8, 4) is 0 Å². The number of halogens is 2. The number of hydrogen-bond donors (Lipinski definition) is 0. The van der Waals surface area contributed by atoms with Crippen molar-refractivity contribution in [2.24, 2.45) is 0 Å². The van der Waals surface area contributed by atoms with Crippen LogP contribution in [0.1, 0.15) is 11.1 Å². The van der Waals surface area contributed by atoms with Crippen LogP contribution in [0.3, 0.4) is 0 Å². The number of rotatable bonds is 5. The van der Waals surface area contributed by atoms with Crippen LogP contribution < -0.4 is 4.31 Å². The van der Waals surface area contributed by atoms with Gasteiger partial charge in [-0.1, -0.05) is 36.4 Å². The molecule has 134 valence electrons. The van der Waals surface area contributed by atoms with Gasteiger partial charge in [0.05, 0.1) is 17.1 Å². The molecule has 0 heterocycles. The maximum atomic E-state index is 13.7. The first kappa shape index (κ1) is 18.1. The van der Waals surface area contributed by atoms with E-state index in [0.29, 0.717) is 11.3 Å². The van der Waals surface area contributed by atoms with Gasteiger partial charge in [0.1, 0.15) is 11.6 Å². The first-order chi connectivity index (χ1) is 12.4. The zero-order valence-corrected chi connectivity index (χ0v) is 14.9. The van der Waals surface area contributed by atoms with Gasteiger partial charge in [0, 0.05) is 0 Å². The van der Waals surface area contributed by atoms with Crippen LogP contribution in [0, 0.1) is 18.6 Å². The van der Waals surface area contributed by atoms with Gasteiger partial charge in [-0.2, -0.15) is 0 Å². The zero-order valence-electron chi connectivity index (χ0n) is 14.1. The lowest BCUT2D eigenvalue weighted by atomic mass is 10.2. The lowest BCUT2D eigenvalue weighted by Gasteiger charge is -2.25. The van der Waals surface area contributed by atoms with Crippen LogP contribution in [0.4, 0.5) is 14.5 Å². The van der Waals surface area contributed by atoms with E-state index in [-0.39, 0.29) is 11.4 Å². The molecule has 0 aromatic heterocycles. The Labute approximate surface area is 151 Å². The fraction of sp³-hybridized carbons (Fsp3) is 0.100. The van der Waals surface area contributed by atoms with Crippen molar-refractivity contribution in [1.82, 2.24) is 0 Å². The predicted octanol–water partition coefficient (Wildman–Crippen LogP) is 4.67. The van der Waals surface area contributed by atoms with Crippen molar-refractivity contribution >= 4 is 15.7 Å². The van der Waals surface area contributed by atoms with Crippen molar-refractivity contribution < 1.29 is 17.2 Å². The second-order valence-corrected chi connectivity index (χ2v) is 7.71. The van der Waals surface area contributed by atoms with Crippen molar-refractivity contribution in [1.29, 1.82) is 0 Å². The highest BCUT2D eigenvalue weighted by atomic mass is 32.2. The minimum absolute atomic E-state index is 0.0464. The summed E-state index contributed by atoms with van der Waals surface area (Å²) in [4.78, 5) is -0.113. The molecule has 3 aromatic carbocycles. The normalized spacial score (nSPS) is 11.3. The predicted molar refractivity (Wildman–Crippen MR) is 97.3 cm³/mol. The van der Waals surface area contributed by atoms with Gasteiger partial charge >= 0.3 is 0 Å². The second kappa shape index (κ2) is 7.25. The molecular formula is C20H17F2NO2S. The van der Waals surface area contributed by atoms with Crippen molar-refractivity contribution in [3.63, 3.8) is 0 Å². The summed E-state index contributed by atoms with van der Waals surface area (Å²) in [5.74, 6) is -1.10. The smallest absolute Gasteiger partial charge is 0.262 e. The monoisotopic (exact) mass is 373 g/mol. The molecule has 0 bridgehead atoms. The van der Waals surface area contributed by atoms with Gasteiger partial charge in [-0.05, 0) is 54.4 Å². The molecule has 0 N–H and O–H groups in total. The molecule has 6 heteroatoms. The van der Waals surface area contributed by atoms with E-state index >= 15 is 0 Å². The minimum atomic E-state index is -4.05. The van der Waals surface area contributed by atoms with E-state index in [1.807, 2.05) is 6.07 Å². The van der Waals surface area contributed by atoms with Crippen LogP contribution in [0.15, 0.2) is 77.7 Å². The Hall–Kier alpha value is -2.73. The van der Waals surface area contributed by atoms with Gasteiger partial charge < -0.3 is 0 Å². The quantitative estimate of drug-likeness (QED) is 0.652. The van der Waals surface area contributed by atoms with Gasteiger partial charge in [-0.3, -0.25) is 4.31 Å². The number of sulfonamides is 1. The standard InChI is InChI=1S/C20H17F2NO2S/c1-15-7-8-18(22)13-20(15)26(24,25)23(14-16-5-3-2-4-6-16)19-11-9-17(21)10-12-19/h2-13H,14H2,1H3. The van der Waals surface area contributed by atoms with Crippen LogP contribution in [-0.4, -0.2) is 8.42 Å². The van der Waals surface area contributed by atoms with E-state index < -0.39 is 21.7 Å². The lowest BCUT2D eigenvalue weighted by Crippen LogP contribution is -2.31. The van der Waals surface area contributed by atoms with Crippen molar-refractivity contribution in [2.45, 2.75) is 18.4 Å². The van der Waals surface area contributed by atoms with Gasteiger partial charge in [-0.25, -0.2) is 17.2 Å². The Balaban J connectivity index is 2.12. The Bertz CT molecular complexity index is 1000. The molecule has 3 aromatic rings. The fourth-order valence-corrected chi connectivity index (χ4v) is 4.33. The maximum Gasteiger partial charge on any atom is 0.264 e. The highest BCUT2D eigenvalue weighted by molar-refractivity contribution is 7.92.